The second-order valence-electron chi connectivity index (χ2n) is 13.7. The van der Waals surface area contributed by atoms with Crippen molar-refractivity contribution in [2.24, 2.45) is 0 Å². The molecule has 2 aromatic rings. The Labute approximate surface area is 277 Å². The van der Waals surface area contributed by atoms with Gasteiger partial charge in [-0.1, -0.05) is 65.3 Å². The van der Waals surface area contributed by atoms with E-state index < -0.39 is 18.3 Å². The molecule has 1 saturated heterocycles. The number of aryl methyl sites for hydroxylation is 1. The van der Waals surface area contributed by atoms with Crippen molar-refractivity contribution in [3.8, 4) is 5.75 Å². The molecule has 11 heteroatoms. The average molecular weight is 675 g/mol. The Hall–Kier alpha value is -2.28. The van der Waals surface area contributed by atoms with Crippen LogP contribution in [0.3, 0.4) is 0 Å². The first-order valence-electron chi connectivity index (χ1n) is 16.7. The molecule has 0 bridgehead atoms. The van der Waals surface area contributed by atoms with Gasteiger partial charge in [0.25, 0.3) is 5.91 Å². The van der Waals surface area contributed by atoms with E-state index in [1.165, 1.54) is 0 Å². The molecule has 256 valence electrons. The lowest BCUT2D eigenvalue weighted by Gasteiger charge is -2.45. The zero-order chi connectivity index (χ0) is 33.6. The fourth-order valence-electron chi connectivity index (χ4n) is 7.31. The Morgan fingerprint density at radius 1 is 0.978 bits per heavy atom. The summed E-state index contributed by atoms with van der Waals surface area (Å²) in [5.74, 6) is 0.583. The standard InChI is InChI=1S/C35H54N2O7SSi/c1-25(2)46(26(3)4,27(5)6)44-23-30-13-14-31(21-37(30)45(39,40)32-15-10-28(7)11-16-32)42-22-29-12-17-34-33(20-29)36(18-9-19-41-8)35(38)24-43-34/h10-12,15-17,20,25-27,30-31H,9,13-14,18-19,21-24H2,1-8H3/t30-,31+/m0/s1. The Kier molecular flexibility index (Phi) is 12.5. The molecule has 2 heterocycles. The van der Waals surface area contributed by atoms with E-state index in [4.69, 9.17) is 18.6 Å². The van der Waals surface area contributed by atoms with Gasteiger partial charge in [-0.15, -0.1) is 0 Å². The minimum atomic E-state index is -3.79. The van der Waals surface area contributed by atoms with Crippen molar-refractivity contribution in [2.45, 2.75) is 108 Å². The first-order chi connectivity index (χ1) is 21.8. The fraction of sp³-hybridized carbons (Fsp3) is 0.629. The molecule has 0 aliphatic carbocycles. The highest BCUT2D eigenvalue weighted by molar-refractivity contribution is 7.89. The minimum absolute atomic E-state index is 0.0171. The van der Waals surface area contributed by atoms with E-state index in [9.17, 15) is 13.2 Å². The third-order valence-corrected chi connectivity index (χ3v) is 17.7. The van der Waals surface area contributed by atoms with Crippen LogP contribution >= 0.6 is 0 Å². The molecule has 2 aromatic carbocycles. The summed E-state index contributed by atoms with van der Waals surface area (Å²) in [6.07, 6.45) is 1.80. The highest BCUT2D eigenvalue weighted by Crippen LogP contribution is 2.43. The van der Waals surface area contributed by atoms with Crippen LogP contribution in [0.1, 0.15) is 71.9 Å². The number of rotatable bonds is 15. The van der Waals surface area contributed by atoms with E-state index in [0.29, 0.717) is 55.2 Å². The van der Waals surface area contributed by atoms with Crippen LogP contribution in [0.25, 0.3) is 0 Å². The van der Waals surface area contributed by atoms with E-state index in [0.717, 1.165) is 29.7 Å². The second-order valence-corrected chi connectivity index (χ2v) is 21.0. The van der Waals surface area contributed by atoms with Crippen molar-refractivity contribution in [3.63, 3.8) is 0 Å². The summed E-state index contributed by atoms with van der Waals surface area (Å²) < 4.78 is 54.2. The number of nitrogens with zero attached hydrogens (tertiary/aromatic N) is 2. The summed E-state index contributed by atoms with van der Waals surface area (Å²) in [4.78, 5) is 14.7. The van der Waals surface area contributed by atoms with Crippen molar-refractivity contribution in [1.29, 1.82) is 0 Å². The van der Waals surface area contributed by atoms with Crippen LogP contribution in [0.2, 0.25) is 16.6 Å². The van der Waals surface area contributed by atoms with Crippen LogP contribution < -0.4 is 9.64 Å². The monoisotopic (exact) mass is 674 g/mol. The summed E-state index contributed by atoms with van der Waals surface area (Å²) in [6.45, 7) is 17.5. The molecule has 0 N–H and O–H groups in total. The van der Waals surface area contributed by atoms with Crippen LogP contribution in [-0.4, -0.2) is 79.1 Å². The van der Waals surface area contributed by atoms with Crippen molar-refractivity contribution in [1.82, 2.24) is 4.31 Å². The lowest BCUT2D eigenvalue weighted by Crippen LogP contribution is -2.54. The van der Waals surface area contributed by atoms with Gasteiger partial charge in [0.05, 0.1) is 29.9 Å². The Bertz CT molecular complexity index is 1390. The number of hydrogen-bond acceptors (Lipinski definition) is 7. The van der Waals surface area contributed by atoms with Gasteiger partial charge >= 0.3 is 0 Å². The van der Waals surface area contributed by atoms with Crippen LogP contribution in [0.4, 0.5) is 5.69 Å². The molecule has 46 heavy (non-hydrogen) atoms. The molecule has 2 atom stereocenters. The fourth-order valence-corrected chi connectivity index (χ4v) is 14.5. The van der Waals surface area contributed by atoms with Crippen LogP contribution in [0, 0.1) is 6.92 Å². The number of sulfonamides is 1. The van der Waals surface area contributed by atoms with Gasteiger partial charge in [-0.05, 0) is 72.6 Å². The SMILES string of the molecule is COCCCN1C(=O)COc2ccc(CO[C@@H]3CC[C@@H](CO[Si](C(C)C)(C(C)C)C(C)C)N(S(=O)(=O)c4ccc(C)cc4)C3)cc21. The second kappa shape index (κ2) is 15.7. The summed E-state index contributed by atoms with van der Waals surface area (Å²) >= 11 is 0. The molecule has 0 spiro atoms. The van der Waals surface area contributed by atoms with E-state index in [-0.39, 0.29) is 36.1 Å². The number of benzene rings is 2. The zero-order valence-corrected chi connectivity index (χ0v) is 30.8. The van der Waals surface area contributed by atoms with Crippen LogP contribution in [0.15, 0.2) is 47.4 Å². The highest BCUT2D eigenvalue weighted by Gasteiger charge is 2.47. The molecule has 9 nitrogen and oxygen atoms in total. The highest BCUT2D eigenvalue weighted by atomic mass is 32.2. The smallest absolute Gasteiger partial charge is 0.265 e. The topological polar surface area (TPSA) is 94.6 Å². The minimum Gasteiger partial charge on any atom is -0.482 e. The van der Waals surface area contributed by atoms with Crippen LogP contribution in [0.5, 0.6) is 5.75 Å². The zero-order valence-electron chi connectivity index (χ0n) is 29.0. The van der Waals surface area contributed by atoms with Crippen LogP contribution in [-0.2, 0) is 35.3 Å². The Morgan fingerprint density at radius 2 is 1.65 bits per heavy atom. The van der Waals surface area contributed by atoms with Gasteiger partial charge in [0.15, 0.2) is 14.9 Å². The molecular weight excluding hydrogens is 621 g/mol. The van der Waals surface area contributed by atoms with E-state index in [1.807, 2.05) is 37.3 Å². The first-order valence-corrected chi connectivity index (χ1v) is 20.3. The van der Waals surface area contributed by atoms with Gasteiger partial charge in [-0.3, -0.25) is 4.79 Å². The molecule has 0 radical (unpaired) electrons. The summed E-state index contributed by atoms with van der Waals surface area (Å²) in [7, 11) is -4.34. The number of methoxy groups -OCH3 is 1. The molecule has 2 aliphatic rings. The predicted molar refractivity (Wildman–Crippen MR) is 184 cm³/mol. The maximum Gasteiger partial charge on any atom is 0.265 e. The number of amides is 1. The Balaban J connectivity index is 1.53. The lowest BCUT2D eigenvalue weighted by atomic mass is 10.0. The van der Waals surface area contributed by atoms with E-state index in [2.05, 4.69) is 41.5 Å². The molecule has 2 aliphatic heterocycles. The maximum absolute atomic E-state index is 14.2. The van der Waals surface area contributed by atoms with Crippen molar-refractivity contribution in [3.05, 3.63) is 53.6 Å². The normalized spacial score (nSPS) is 19.6. The molecule has 4 rings (SSSR count). The summed E-state index contributed by atoms with van der Waals surface area (Å²) in [5.41, 5.74) is 3.85. The van der Waals surface area contributed by atoms with Gasteiger partial charge in [0.1, 0.15) is 5.75 Å². The van der Waals surface area contributed by atoms with Crippen molar-refractivity contribution >= 4 is 29.9 Å². The van der Waals surface area contributed by atoms with Crippen molar-refractivity contribution in [2.75, 3.05) is 44.9 Å². The number of piperidine rings is 1. The number of fused-ring (bicyclic) bond motifs is 1. The van der Waals surface area contributed by atoms with Gasteiger partial charge < -0.3 is 23.5 Å². The first kappa shape index (κ1) is 36.6. The molecule has 0 unspecified atom stereocenters. The largest absolute Gasteiger partial charge is 0.482 e. The third-order valence-electron chi connectivity index (χ3n) is 9.66. The lowest BCUT2D eigenvalue weighted by molar-refractivity contribution is -0.121. The molecule has 0 saturated carbocycles. The molecule has 1 amide bonds. The quantitative estimate of drug-likeness (QED) is 0.154. The Morgan fingerprint density at radius 3 is 2.28 bits per heavy atom. The molecule has 0 aromatic heterocycles. The van der Waals surface area contributed by atoms with Gasteiger partial charge in [0, 0.05) is 32.8 Å². The van der Waals surface area contributed by atoms with Gasteiger partial charge in [0.2, 0.25) is 10.0 Å². The predicted octanol–water partition coefficient (Wildman–Crippen LogP) is 6.69. The summed E-state index contributed by atoms with van der Waals surface area (Å²) in [6, 6.07) is 12.5. The number of carbonyl (C=O) groups is 1. The molecular formula is C35H54N2O7SSi. The summed E-state index contributed by atoms with van der Waals surface area (Å²) in [5, 5.41) is 0. The number of carbonyl (C=O) groups excluding carboxylic acids is 1. The maximum atomic E-state index is 14.2. The number of anilines is 1. The van der Waals surface area contributed by atoms with E-state index in [1.54, 1.807) is 28.4 Å². The average Bonchev–Trinajstić information content (AvgIpc) is 3.01. The van der Waals surface area contributed by atoms with Gasteiger partial charge in [-0.25, -0.2) is 8.42 Å². The number of hydrogen-bond donors (Lipinski definition) is 0. The third kappa shape index (κ3) is 8.05. The van der Waals surface area contributed by atoms with Crippen molar-refractivity contribution < 1.29 is 31.8 Å². The van der Waals surface area contributed by atoms with Gasteiger partial charge in [-0.2, -0.15) is 4.31 Å². The molecule has 1 fully saturated rings. The number of ether oxygens (including phenoxy) is 3. The van der Waals surface area contributed by atoms with E-state index >= 15 is 0 Å².